The minimum Gasteiger partial charge on any atom is -0.462 e. The van der Waals surface area contributed by atoms with Gasteiger partial charge in [0.15, 0.2) is 6.10 Å². The second kappa shape index (κ2) is 37.3. The predicted molar refractivity (Wildman–Crippen MR) is 243 cm³/mol. The van der Waals surface area contributed by atoms with Crippen molar-refractivity contribution in [2.24, 2.45) is 17.8 Å². The third-order valence-corrected chi connectivity index (χ3v) is 12.4. The molecule has 0 bridgehead atoms. The van der Waals surface area contributed by atoms with Gasteiger partial charge < -0.3 is 34.8 Å². The van der Waals surface area contributed by atoms with Crippen molar-refractivity contribution >= 4 is 25.5 Å². The van der Waals surface area contributed by atoms with E-state index in [0.29, 0.717) is 32.1 Å². The zero-order chi connectivity index (χ0) is 45.9. The molecule has 0 amide bonds. The number of aliphatic hydroxyl groups excluding tert-OH is 4. The van der Waals surface area contributed by atoms with Gasteiger partial charge in [0, 0.05) is 31.1 Å². The van der Waals surface area contributed by atoms with Crippen LogP contribution in [0.25, 0.3) is 0 Å². The molecular weight excluding hydrogens is 815 g/mol. The number of hydrogen-bond donors (Lipinski definition) is 5. The van der Waals surface area contributed by atoms with Gasteiger partial charge in [-0.05, 0) is 38.0 Å². The molecule has 0 aromatic heterocycles. The van der Waals surface area contributed by atoms with Gasteiger partial charge in [0.2, 0.25) is 0 Å². The number of Topliss-reactive ketones (excluding diaryl/α,β-unsaturated/α-hetero) is 1. The van der Waals surface area contributed by atoms with Crippen molar-refractivity contribution < 1.29 is 62.8 Å². The Labute approximate surface area is 374 Å². The van der Waals surface area contributed by atoms with Crippen LogP contribution < -0.4 is 0 Å². The van der Waals surface area contributed by atoms with Gasteiger partial charge in [-0.2, -0.15) is 0 Å². The second-order valence-corrected chi connectivity index (χ2v) is 19.2. The summed E-state index contributed by atoms with van der Waals surface area (Å²) in [5, 5.41) is 39.1. The maximum Gasteiger partial charge on any atom is 0.472 e. The van der Waals surface area contributed by atoms with Gasteiger partial charge in [0.1, 0.15) is 18.5 Å². The van der Waals surface area contributed by atoms with E-state index in [0.717, 1.165) is 44.4 Å². The van der Waals surface area contributed by atoms with E-state index >= 15 is 0 Å². The lowest BCUT2D eigenvalue weighted by molar-refractivity contribution is -0.161. The highest BCUT2D eigenvalue weighted by Crippen LogP contribution is 2.43. The summed E-state index contributed by atoms with van der Waals surface area (Å²) < 4.78 is 32.8. The standard InChI is InChI=1S/C48H87O13P/c1-4-5-22-28-40(50)32-33-44-43(45(52)34-46(44)53)29-24-20-21-26-31-48(55)61-42(38-60-62(56,57)59-36-41(51)35-49)37-58-47(54)30-25-19-17-15-13-11-9-7-6-8-10-12-14-16-18-23-27-39(2)3/h20,24,32-33,39-44,46,49-51,53H,4-19,21-23,25-31,34-38H2,1-3H3,(H,56,57)/b24-20-,33-32+/t40-,41-,42+,43+,44+,46+/m0/s1. The van der Waals surface area contributed by atoms with Gasteiger partial charge in [0.25, 0.3) is 0 Å². The van der Waals surface area contributed by atoms with E-state index in [4.69, 9.17) is 19.1 Å². The molecule has 0 aliphatic heterocycles. The molecule has 14 heteroatoms. The first kappa shape index (κ1) is 58.1. The molecule has 7 atom stereocenters. The molecular formula is C48H87O13P. The van der Waals surface area contributed by atoms with E-state index < -0.39 is 76.5 Å². The lowest BCUT2D eigenvalue weighted by atomic mass is 9.90. The number of carbonyl (C=O) groups is 3. The Hall–Kier alpha value is -1.96. The number of aliphatic hydroxyl groups is 4. The van der Waals surface area contributed by atoms with E-state index in [9.17, 15) is 39.2 Å². The van der Waals surface area contributed by atoms with Gasteiger partial charge in [0.05, 0.1) is 32.0 Å². The van der Waals surface area contributed by atoms with Gasteiger partial charge >= 0.3 is 19.8 Å². The Kier molecular flexibility index (Phi) is 34.9. The number of ketones is 1. The molecule has 5 N–H and O–H groups in total. The zero-order valence-electron chi connectivity index (χ0n) is 38.7. The van der Waals surface area contributed by atoms with Crippen LogP contribution in [0.15, 0.2) is 24.3 Å². The number of carbonyl (C=O) groups excluding carboxylic acids is 3. The molecule has 0 aromatic rings. The van der Waals surface area contributed by atoms with Gasteiger partial charge in [-0.3, -0.25) is 23.4 Å². The lowest BCUT2D eigenvalue weighted by Gasteiger charge is -2.20. The summed E-state index contributed by atoms with van der Waals surface area (Å²) in [5.41, 5.74) is 0. The molecule has 1 aliphatic rings. The first-order valence-corrected chi connectivity index (χ1v) is 25.7. The fourth-order valence-corrected chi connectivity index (χ4v) is 8.36. The fraction of sp³-hybridized carbons (Fsp3) is 0.854. The molecule has 0 heterocycles. The SMILES string of the molecule is CCCCC[C@H](O)/C=C/[C@H]1[C@H](O)CC(=O)[C@@H]1C/C=C\CCCC(=O)O[C@H](COC(=O)CCCCCCCCCCCCCCCCCCC(C)C)COP(=O)(O)OC[C@@H](O)CO. The molecule has 13 nitrogen and oxygen atoms in total. The number of phosphoric ester groups is 1. The highest BCUT2D eigenvalue weighted by molar-refractivity contribution is 7.47. The maximum atomic E-state index is 12.7. The number of unbranched alkanes of at least 4 members (excludes halogenated alkanes) is 18. The Morgan fingerprint density at radius 1 is 0.742 bits per heavy atom. The summed E-state index contributed by atoms with van der Waals surface area (Å²) in [6.07, 6.45) is 29.4. The average molecular weight is 903 g/mol. The van der Waals surface area contributed by atoms with E-state index in [1.165, 1.54) is 83.5 Å². The molecule has 1 unspecified atom stereocenters. The zero-order valence-corrected chi connectivity index (χ0v) is 39.6. The highest BCUT2D eigenvalue weighted by Gasteiger charge is 2.39. The van der Waals surface area contributed by atoms with Crippen LogP contribution in [0.5, 0.6) is 0 Å². The Bertz CT molecular complexity index is 1260. The van der Waals surface area contributed by atoms with Crippen LogP contribution in [-0.2, 0) is 37.5 Å². The molecule has 62 heavy (non-hydrogen) atoms. The van der Waals surface area contributed by atoms with Crippen LogP contribution >= 0.6 is 7.82 Å². The molecule has 1 fully saturated rings. The summed E-state index contributed by atoms with van der Waals surface area (Å²) in [6, 6.07) is 0. The molecule has 0 aromatic carbocycles. The van der Waals surface area contributed by atoms with Crippen molar-refractivity contribution in [3.63, 3.8) is 0 Å². The normalized spacial score (nSPS) is 19.4. The minimum absolute atomic E-state index is 0.00795. The van der Waals surface area contributed by atoms with Crippen LogP contribution in [0.4, 0.5) is 0 Å². The van der Waals surface area contributed by atoms with Crippen molar-refractivity contribution in [1.29, 1.82) is 0 Å². The van der Waals surface area contributed by atoms with Gasteiger partial charge in [-0.15, -0.1) is 0 Å². The van der Waals surface area contributed by atoms with Crippen LogP contribution in [0.2, 0.25) is 0 Å². The fourth-order valence-electron chi connectivity index (χ4n) is 7.57. The van der Waals surface area contributed by atoms with E-state index in [1.54, 1.807) is 12.2 Å². The number of rotatable bonds is 41. The third kappa shape index (κ3) is 31.8. The predicted octanol–water partition coefficient (Wildman–Crippen LogP) is 9.79. The van der Waals surface area contributed by atoms with E-state index in [1.807, 2.05) is 12.2 Å². The largest absolute Gasteiger partial charge is 0.472 e. The van der Waals surface area contributed by atoms with E-state index in [-0.39, 0.29) is 31.0 Å². The first-order chi connectivity index (χ1) is 29.8. The topological polar surface area (TPSA) is 206 Å². The van der Waals surface area contributed by atoms with Crippen LogP contribution in [0.1, 0.15) is 194 Å². The van der Waals surface area contributed by atoms with Crippen molar-refractivity contribution in [3.05, 3.63) is 24.3 Å². The lowest BCUT2D eigenvalue weighted by Crippen LogP contribution is -2.29. The number of allylic oxidation sites excluding steroid dienone is 2. The van der Waals surface area contributed by atoms with Crippen molar-refractivity contribution in [2.45, 2.75) is 219 Å². The summed E-state index contributed by atoms with van der Waals surface area (Å²) >= 11 is 0. The third-order valence-electron chi connectivity index (χ3n) is 11.4. The average Bonchev–Trinajstić information content (AvgIpc) is 3.51. The van der Waals surface area contributed by atoms with Gasteiger partial charge in [-0.25, -0.2) is 4.57 Å². The van der Waals surface area contributed by atoms with Crippen molar-refractivity contribution in [3.8, 4) is 0 Å². The molecule has 0 saturated heterocycles. The van der Waals surface area contributed by atoms with Crippen LogP contribution in [0, 0.1) is 17.8 Å². The van der Waals surface area contributed by atoms with Gasteiger partial charge in [-0.1, -0.05) is 167 Å². The molecule has 0 radical (unpaired) electrons. The number of phosphoric acid groups is 1. The quantitative estimate of drug-likeness (QED) is 0.0168. The number of esters is 2. The molecule has 0 spiro atoms. The van der Waals surface area contributed by atoms with Crippen molar-refractivity contribution in [1.82, 2.24) is 0 Å². The summed E-state index contributed by atoms with van der Waals surface area (Å²) in [6.45, 7) is 4.33. The molecule has 362 valence electrons. The Morgan fingerprint density at radius 2 is 1.29 bits per heavy atom. The summed E-state index contributed by atoms with van der Waals surface area (Å²) in [7, 11) is -4.69. The summed E-state index contributed by atoms with van der Waals surface area (Å²) in [5.74, 6) is -1.09. The number of hydrogen-bond acceptors (Lipinski definition) is 12. The van der Waals surface area contributed by atoms with Crippen LogP contribution in [-0.4, -0.2) is 93.9 Å². The van der Waals surface area contributed by atoms with Crippen LogP contribution in [0.3, 0.4) is 0 Å². The summed E-state index contributed by atoms with van der Waals surface area (Å²) in [4.78, 5) is 47.9. The Balaban J connectivity index is 2.40. The smallest absolute Gasteiger partial charge is 0.462 e. The monoisotopic (exact) mass is 903 g/mol. The van der Waals surface area contributed by atoms with Crippen molar-refractivity contribution in [2.75, 3.05) is 26.4 Å². The Morgan fingerprint density at radius 3 is 1.87 bits per heavy atom. The molecule has 1 rings (SSSR count). The second-order valence-electron chi connectivity index (χ2n) is 17.7. The number of ether oxygens (including phenoxy) is 2. The molecule has 1 saturated carbocycles. The molecule has 1 aliphatic carbocycles. The first-order valence-electron chi connectivity index (χ1n) is 24.3. The highest BCUT2D eigenvalue weighted by atomic mass is 31.2. The van der Waals surface area contributed by atoms with E-state index in [2.05, 4.69) is 25.3 Å². The minimum atomic E-state index is -4.69. The maximum absolute atomic E-state index is 12.7.